The molecule has 15 nitrogen and oxygen atoms in total. The third-order valence-electron chi connectivity index (χ3n) is 10.4. The Labute approximate surface area is 338 Å². The second-order valence-electron chi connectivity index (χ2n) is 18.3. The van der Waals surface area contributed by atoms with Crippen molar-refractivity contribution in [2.75, 3.05) is 17.0 Å². The Morgan fingerprint density at radius 2 is 1.69 bits per heavy atom. The first-order valence-electron chi connectivity index (χ1n) is 19.2. The van der Waals surface area contributed by atoms with Gasteiger partial charge >= 0.3 is 13.9 Å². The summed E-state index contributed by atoms with van der Waals surface area (Å²) in [5.41, 5.74) is -0.277. The first-order valence-corrected chi connectivity index (χ1v) is 20.6. The zero-order valence-corrected chi connectivity index (χ0v) is 35.8. The van der Waals surface area contributed by atoms with Crippen molar-refractivity contribution < 1.29 is 32.1 Å². The predicted molar refractivity (Wildman–Crippen MR) is 214 cm³/mol. The molecule has 4 aromatic rings. The largest absolute Gasteiger partial charge is 0.478 e. The van der Waals surface area contributed by atoms with Crippen molar-refractivity contribution in [3.05, 3.63) is 70.7 Å². The number of pyridine rings is 2. The fraction of sp³-hybridized carbons (Fsp3) is 0.537. The number of benzene rings is 1. The summed E-state index contributed by atoms with van der Waals surface area (Å²) >= 11 is 0. The normalized spacial score (nSPS) is 19.0. The summed E-state index contributed by atoms with van der Waals surface area (Å²) < 4.78 is 53.2. The molecular formula is C41H51FN9O6P. The van der Waals surface area contributed by atoms with Crippen LogP contribution in [-0.2, 0) is 28.4 Å². The molecule has 3 heterocycles. The van der Waals surface area contributed by atoms with Crippen molar-refractivity contribution in [1.82, 2.24) is 25.0 Å². The molecule has 0 saturated heterocycles. The van der Waals surface area contributed by atoms with Crippen LogP contribution in [0.1, 0.15) is 123 Å². The average Bonchev–Trinajstić information content (AvgIpc) is 3.52. The van der Waals surface area contributed by atoms with E-state index >= 15 is 0 Å². The third-order valence-corrected chi connectivity index (χ3v) is 12.4. The maximum atomic E-state index is 14.8. The van der Waals surface area contributed by atoms with Crippen LogP contribution in [0, 0.1) is 46.9 Å². The molecule has 1 N–H and O–H groups in total. The van der Waals surface area contributed by atoms with Gasteiger partial charge in [-0.2, -0.15) is 14.9 Å². The van der Waals surface area contributed by atoms with E-state index in [0.717, 1.165) is 19.3 Å². The fourth-order valence-corrected chi connectivity index (χ4v) is 8.77. The number of aromatic nitrogens is 5. The number of ether oxygens (including phenoxy) is 1. The molecule has 58 heavy (non-hydrogen) atoms. The molecule has 0 aliphatic heterocycles. The number of carbonyl (C=O) groups is 1. The molecule has 1 aromatic carbocycles. The van der Waals surface area contributed by atoms with Gasteiger partial charge in [-0.3, -0.25) is 18.9 Å². The lowest BCUT2D eigenvalue weighted by Crippen LogP contribution is -2.59. The number of aryl methyl sites for hydroxylation is 1. The molecule has 0 radical (unpaired) electrons. The Bertz CT molecular complexity index is 2330. The van der Waals surface area contributed by atoms with E-state index in [0.29, 0.717) is 28.2 Å². The van der Waals surface area contributed by atoms with E-state index < -0.39 is 43.9 Å². The van der Waals surface area contributed by atoms with E-state index in [-0.39, 0.29) is 45.0 Å². The van der Waals surface area contributed by atoms with Gasteiger partial charge in [-0.05, 0) is 104 Å². The first-order chi connectivity index (χ1) is 26.9. The molecule has 1 unspecified atom stereocenters. The number of nitrogens with one attached hydrogen (secondary N) is 1. The highest BCUT2D eigenvalue weighted by atomic mass is 31.2. The molecule has 3 aromatic heterocycles. The Morgan fingerprint density at radius 1 is 1.05 bits per heavy atom. The molecule has 3 fully saturated rings. The molecule has 7 rings (SSSR count). The van der Waals surface area contributed by atoms with E-state index in [4.69, 9.17) is 18.3 Å². The summed E-state index contributed by atoms with van der Waals surface area (Å²) in [5.74, 6) is -0.0959. The molecule has 2 atom stereocenters. The van der Waals surface area contributed by atoms with E-state index in [1.807, 2.05) is 32.4 Å². The summed E-state index contributed by atoms with van der Waals surface area (Å²) in [5, 5.41) is 33.7. The van der Waals surface area contributed by atoms with E-state index in [9.17, 15) is 24.3 Å². The minimum Gasteiger partial charge on any atom is -0.421 e. The monoisotopic (exact) mass is 815 g/mol. The maximum Gasteiger partial charge on any atom is 0.478 e. The quantitative estimate of drug-likeness (QED) is 0.0810. The number of nitrogens with zero attached hydrogens (tertiary/aromatic N) is 8. The van der Waals surface area contributed by atoms with Gasteiger partial charge in [0.05, 0.1) is 51.0 Å². The molecule has 17 heteroatoms. The van der Waals surface area contributed by atoms with Gasteiger partial charge in [0.25, 0.3) is 0 Å². The molecule has 308 valence electrons. The topological polar surface area (TPSA) is 190 Å². The van der Waals surface area contributed by atoms with Crippen molar-refractivity contribution in [3.8, 4) is 12.1 Å². The van der Waals surface area contributed by atoms with Gasteiger partial charge in [0.2, 0.25) is 12.7 Å². The highest BCUT2D eigenvalue weighted by molar-refractivity contribution is 7.48. The van der Waals surface area contributed by atoms with Crippen LogP contribution in [-0.4, -0.2) is 55.1 Å². The Kier molecular flexibility index (Phi) is 11.2. The summed E-state index contributed by atoms with van der Waals surface area (Å²) in [6, 6.07) is 8.86. The Balaban J connectivity index is 1.54. The second-order valence-corrected chi connectivity index (χ2v) is 19.8. The minimum atomic E-state index is -4.33. The van der Waals surface area contributed by atoms with Gasteiger partial charge in [0, 0.05) is 28.9 Å². The predicted octanol–water partition coefficient (Wildman–Crippen LogP) is 9.21. The number of hydrogen-bond acceptors (Lipinski definition) is 13. The lowest BCUT2D eigenvalue weighted by molar-refractivity contribution is -0.0989. The average molecular weight is 816 g/mol. The first kappa shape index (κ1) is 42.6. The lowest BCUT2D eigenvalue weighted by Gasteiger charge is -2.61. The number of carbonyl (C=O) groups excluding carboxylic acids is 1. The molecule has 0 spiro atoms. The van der Waals surface area contributed by atoms with Crippen molar-refractivity contribution in [2.24, 2.45) is 11.3 Å². The number of fused-ring (bicyclic) bond motifs is 1. The summed E-state index contributed by atoms with van der Waals surface area (Å²) in [6.07, 6.45) is 5.02. The van der Waals surface area contributed by atoms with Crippen LogP contribution >= 0.6 is 7.82 Å². The van der Waals surface area contributed by atoms with Gasteiger partial charge in [-0.15, -0.1) is 5.10 Å². The number of rotatable bonds is 12. The Hall–Kier alpha value is -4.99. The van der Waals surface area contributed by atoms with Crippen LogP contribution in [0.15, 0.2) is 36.7 Å². The van der Waals surface area contributed by atoms with Gasteiger partial charge in [0.1, 0.15) is 23.9 Å². The number of halogens is 1. The molecule has 1 amide bonds. The standard InChI is InChI=1S/C41H51FN9O6P/c1-24-30(12-13-33(42)46-24)36(32-22-50(49-48-32)41-16-26(17-41)18-41)51(37(52)54-23-55-58(53,56-39(6,7)8)57-40(9,10)11)29-14-27(19-43)34-31(15-29)35(28(20-44)21-45-34)47-25(2)38(3,4)5/h12-15,21-22,25-26,36H,16-18,23H2,1-11H3,(H,45,47)/t25-,26?,36?,41?/m1/s1. The van der Waals surface area contributed by atoms with Crippen molar-refractivity contribution in [1.29, 1.82) is 10.5 Å². The van der Waals surface area contributed by atoms with Crippen molar-refractivity contribution >= 4 is 36.2 Å². The van der Waals surface area contributed by atoms with Crippen molar-refractivity contribution in [2.45, 2.75) is 124 Å². The molecule has 3 aliphatic rings. The zero-order valence-electron chi connectivity index (χ0n) is 34.9. The van der Waals surface area contributed by atoms with E-state index in [1.165, 1.54) is 29.3 Å². The highest BCUT2D eigenvalue weighted by Gasteiger charge is 2.59. The smallest absolute Gasteiger partial charge is 0.421 e. The van der Waals surface area contributed by atoms with Crippen LogP contribution in [0.4, 0.5) is 20.6 Å². The SMILES string of the molecule is Cc1nc(F)ccc1C(c1cn(C23CC(C2)C3)nn1)N(C(=O)OCOP(=O)(OC(C)(C)C)OC(C)(C)C)c1cc(C#N)c2ncc(C#N)c(N[C@H](C)C(C)(C)C)c2c1. The van der Waals surface area contributed by atoms with Gasteiger partial charge < -0.3 is 10.1 Å². The third kappa shape index (κ3) is 8.86. The zero-order chi connectivity index (χ0) is 42.6. The van der Waals surface area contributed by atoms with Gasteiger partial charge in [0.15, 0.2) is 0 Å². The molecule has 2 bridgehead atoms. The number of anilines is 2. The van der Waals surface area contributed by atoms with Crippen molar-refractivity contribution in [3.63, 3.8) is 0 Å². The van der Waals surface area contributed by atoms with Gasteiger partial charge in [-0.25, -0.2) is 23.5 Å². The minimum absolute atomic E-state index is 0.0874. The Morgan fingerprint density at radius 3 is 2.22 bits per heavy atom. The fourth-order valence-electron chi connectivity index (χ4n) is 7.11. The number of amides is 1. The van der Waals surface area contributed by atoms with Crippen LogP contribution in [0.2, 0.25) is 0 Å². The van der Waals surface area contributed by atoms with Gasteiger partial charge in [-0.1, -0.05) is 32.1 Å². The van der Waals surface area contributed by atoms with E-state index in [2.05, 4.69) is 37.7 Å². The van der Waals surface area contributed by atoms with E-state index in [1.54, 1.807) is 60.7 Å². The van der Waals surface area contributed by atoms with Crippen LogP contribution in [0.25, 0.3) is 10.9 Å². The summed E-state index contributed by atoms with van der Waals surface area (Å²) in [7, 11) is -4.33. The highest BCUT2D eigenvalue weighted by Crippen LogP contribution is 2.62. The molecule has 3 saturated carbocycles. The molecular weight excluding hydrogens is 764 g/mol. The van der Waals surface area contributed by atoms with Crippen LogP contribution in [0.3, 0.4) is 0 Å². The summed E-state index contributed by atoms with van der Waals surface area (Å²) in [4.78, 5) is 24.6. The van der Waals surface area contributed by atoms with Crippen LogP contribution in [0.5, 0.6) is 0 Å². The number of phosphoric acid groups is 1. The van der Waals surface area contributed by atoms with Crippen LogP contribution < -0.4 is 10.2 Å². The second kappa shape index (κ2) is 15.3. The molecule has 3 aliphatic carbocycles. The number of nitriles is 2. The number of phosphoric ester groups is 1. The summed E-state index contributed by atoms with van der Waals surface area (Å²) in [6.45, 7) is 18.9. The maximum absolute atomic E-state index is 14.8. The number of hydrogen-bond donors (Lipinski definition) is 1. The lowest BCUT2D eigenvalue weighted by atomic mass is 9.50.